The van der Waals surface area contributed by atoms with Crippen molar-refractivity contribution in [1.29, 1.82) is 0 Å². The summed E-state index contributed by atoms with van der Waals surface area (Å²) in [5, 5.41) is 9.42. The number of benzene rings is 1. The minimum Gasteiger partial charge on any atom is -0.598 e. The summed E-state index contributed by atoms with van der Waals surface area (Å²) in [6.07, 6.45) is 0.887. The molecular weight excluding hydrogens is 439 g/mol. The zero-order valence-corrected chi connectivity index (χ0v) is 20.5. The average molecular weight is 471 g/mol. The largest absolute Gasteiger partial charge is 0.598 e. The molecule has 1 aliphatic heterocycles. The summed E-state index contributed by atoms with van der Waals surface area (Å²) < 4.78 is 58.1. The van der Waals surface area contributed by atoms with Crippen LogP contribution in [0.4, 0.5) is 8.78 Å². The fourth-order valence-corrected chi connectivity index (χ4v) is 4.34. The third-order valence-corrected chi connectivity index (χ3v) is 7.96. The van der Waals surface area contributed by atoms with Crippen LogP contribution < -0.4 is 10.2 Å². The van der Waals surface area contributed by atoms with Crippen LogP contribution in [0.5, 0.6) is 0 Å². The lowest BCUT2D eigenvalue weighted by Crippen LogP contribution is -2.44. The van der Waals surface area contributed by atoms with Crippen LogP contribution in [0.15, 0.2) is 6.07 Å². The summed E-state index contributed by atoms with van der Waals surface area (Å²) in [5.74, 6) is -3.07. The quantitative estimate of drug-likeness (QED) is 0.466. The Hall–Kier alpha value is -1.20. The Morgan fingerprint density at radius 3 is 2.22 bits per heavy atom. The first-order valence-corrected chi connectivity index (χ1v) is 12.0. The second-order valence-electron chi connectivity index (χ2n) is 10.6. The van der Waals surface area contributed by atoms with Gasteiger partial charge in [-0.15, -0.1) is 4.72 Å². The Morgan fingerprint density at radius 2 is 1.78 bits per heavy atom. The third-order valence-electron chi connectivity index (χ3n) is 6.35. The molecule has 32 heavy (non-hydrogen) atoms. The maximum atomic E-state index is 15.9. The van der Waals surface area contributed by atoms with Gasteiger partial charge in [-0.3, -0.25) is 4.79 Å². The summed E-state index contributed by atoms with van der Waals surface area (Å²) in [6, 6.07) is 0.111. The molecular formula is C22H32BF2NO5S. The minimum atomic E-state index is -1.75. The molecule has 0 radical (unpaired) electrons. The molecule has 0 bridgehead atoms. The van der Waals surface area contributed by atoms with Gasteiger partial charge in [0.1, 0.15) is 16.4 Å². The lowest BCUT2D eigenvalue weighted by Gasteiger charge is -2.32. The Morgan fingerprint density at radius 1 is 1.25 bits per heavy atom. The fourth-order valence-electron chi connectivity index (χ4n) is 3.52. The van der Waals surface area contributed by atoms with Gasteiger partial charge < -0.3 is 19.0 Å². The molecule has 1 saturated heterocycles. The highest BCUT2D eigenvalue weighted by Gasteiger charge is 2.53. The molecule has 3 rings (SSSR count). The van der Waals surface area contributed by atoms with Gasteiger partial charge in [0, 0.05) is 22.4 Å². The number of aliphatic carboxylic acids is 1. The number of hydrogen-bond donors (Lipinski definition) is 2. The van der Waals surface area contributed by atoms with E-state index in [2.05, 4.69) is 4.72 Å². The first-order valence-electron chi connectivity index (χ1n) is 10.8. The molecule has 178 valence electrons. The van der Waals surface area contributed by atoms with Crippen LogP contribution in [-0.4, -0.2) is 38.7 Å². The SMILES string of the molecule is CC(C)(C)[S@@+]([O-])N[C@@H](CC(=O)O)c1c(F)c(B2OC(C)(C)C(C)(C)O2)cc(C2CC2)c1F. The van der Waals surface area contributed by atoms with E-state index >= 15 is 8.78 Å². The van der Waals surface area contributed by atoms with Crippen molar-refractivity contribution in [2.75, 3.05) is 0 Å². The van der Waals surface area contributed by atoms with Gasteiger partial charge >= 0.3 is 13.1 Å². The Bertz CT molecular complexity index is 885. The monoisotopic (exact) mass is 471 g/mol. The summed E-state index contributed by atoms with van der Waals surface area (Å²) in [7, 11) is -1.07. The van der Waals surface area contributed by atoms with E-state index in [0.29, 0.717) is 5.56 Å². The van der Waals surface area contributed by atoms with Gasteiger partial charge in [-0.2, -0.15) is 0 Å². The van der Waals surface area contributed by atoms with Crippen LogP contribution in [0.3, 0.4) is 0 Å². The van der Waals surface area contributed by atoms with E-state index in [1.165, 1.54) is 6.07 Å². The Balaban J connectivity index is 2.12. The maximum Gasteiger partial charge on any atom is 0.497 e. The Kier molecular flexibility index (Phi) is 6.79. The predicted molar refractivity (Wildman–Crippen MR) is 120 cm³/mol. The fraction of sp³-hybridized carbons (Fsp3) is 0.682. The molecule has 0 spiro atoms. The van der Waals surface area contributed by atoms with E-state index < -0.39 is 70.1 Å². The van der Waals surface area contributed by atoms with E-state index in [1.807, 2.05) is 27.7 Å². The molecule has 1 aliphatic carbocycles. The van der Waals surface area contributed by atoms with Crippen molar-refractivity contribution < 1.29 is 32.5 Å². The van der Waals surface area contributed by atoms with Crippen LogP contribution in [-0.2, 0) is 25.5 Å². The van der Waals surface area contributed by atoms with Crippen molar-refractivity contribution >= 4 is 29.9 Å². The van der Waals surface area contributed by atoms with E-state index in [9.17, 15) is 14.5 Å². The topological polar surface area (TPSA) is 90.9 Å². The van der Waals surface area contributed by atoms with Gasteiger partial charge in [0.05, 0.1) is 23.7 Å². The molecule has 0 unspecified atom stereocenters. The molecule has 0 amide bonds. The first-order chi connectivity index (χ1) is 14.5. The van der Waals surface area contributed by atoms with E-state index in [-0.39, 0.29) is 11.4 Å². The van der Waals surface area contributed by atoms with Crippen molar-refractivity contribution in [3.63, 3.8) is 0 Å². The molecule has 2 aliphatic rings. The minimum absolute atomic E-state index is 0.0284. The lowest BCUT2D eigenvalue weighted by atomic mass is 9.75. The van der Waals surface area contributed by atoms with Crippen molar-refractivity contribution in [1.82, 2.24) is 4.72 Å². The normalized spacial score (nSPS) is 22.1. The molecule has 6 nitrogen and oxygen atoms in total. The van der Waals surface area contributed by atoms with Gasteiger partial charge in [0.15, 0.2) is 0 Å². The third kappa shape index (κ3) is 4.99. The summed E-state index contributed by atoms with van der Waals surface area (Å²) >= 11 is -1.75. The zero-order chi connectivity index (χ0) is 24.2. The number of nitrogens with one attached hydrogen (secondary N) is 1. The highest BCUT2D eigenvalue weighted by Crippen LogP contribution is 2.44. The predicted octanol–water partition coefficient (Wildman–Crippen LogP) is 3.71. The lowest BCUT2D eigenvalue weighted by molar-refractivity contribution is -0.137. The molecule has 1 heterocycles. The summed E-state index contributed by atoms with van der Waals surface area (Å²) in [5.41, 5.74) is -1.56. The maximum absolute atomic E-state index is 15.9. The second kappa shape index (κ2) is 8.54. The number of carboxylic acid groups (broad SMARTS) is 1. The highest BCUT2D eigenvalue weighted by molar-refractivity contribution is 7.90. The van der Waals surface area contributed by atoms with Crippen LogP contribution in [0.1, 0.15) is 90.8 Å². The number of hydrogen-bond acceptors (Lipinski definition) is 5. The number of carbonyl (C=O) groups is 1. The molecule has 2 N–H and O–H groups in total. The first kappa shape index (κ1) is 25.4. The van der Waals surface area contributed by atoms with E-state index in [1.54, 1.807) is 20.8 Å². The number of carboxylic acids is 1. The van der Waals surface area contributed by atoms with Gasteiger partial charge in [-0.05, 0) is 72.8 Å². The van der Waals surface area contributed by atoms with Crippen LogP contribution in [0.25, 0.3) is 0 Å². The van der Waals surface area contributed by atoms with Crippen molar-refractivity contribution in [3.05, 3.63) is 28.8 Å². The van der Waals surface area contributed by atoms with Crippen LogP contribution in [0.2, 0.25) is 0 Å². The summed E-state index contributed by atoms with van der Waals surface area (Å²) in [4.78, 5) is 11.5. The van der Waals surface area contributed by atoms with Crippen molar-refractivity contribution in [3.8, 4) is 0 Å². The molecule has 0 aromatic heterocycles. The van der Waals surface area contributed by atoms with E-state index in [4.69, 9.17) is 9.31 Å². The Labute approximate surface area is 191 Å². The molecule has 1 aromatic carbocycles. The van der Waals surface area contributed by atoms with Crippen LogP contribution in [0, 0.1) is 11.6 Å². The van der Waals surface area contributed by atoms with Gasteiger partial charge in [0.2, 0.25) is 0 Å². The standard InChI is InChI=1S/C22H32BF2NO5S/c1-20(2,3)32(29)26-15(11-16(27)28)17-18(24)13(12-8-9-12)10-14(19(17)25)23-30-21(4,5)22(6,7)31-23/h10,12,15,26H,8-9,11H2,1-7H3,(H,27,28)/t15-,32+/m0/s1. The number of rotatable bonds is 7. The van der Waals surface area contributed by atoms with E-state index in [0.717, 1.165) is 12.8 Å². The highest BCUT2D eigenvalue weighted by atomic mass is 32.2. The van der Waals surface area contributed by atoms with Gasteiger partial charge in [-0.1, -0.05) is 6.07 Å². The molecule has 10 heteroatoms. The average Bonchev–Trinajstić information content (AvgIpc) is 3.41. The summed E-state index contributed by atoms with van der Waals surface area (Å²) in [6.45, 7) is 12.4. The van der Waals surface area contributed by atoms with Crippen molar-refractivity contribution in [2.24, 2.45) is 0 Å². The zero-order valence-electron chi connectivity index (χ0n) is 19.7. The van der Waals surface area contributed by atoms with Crippen LogP contribution >= 0.6 is 0 Å². The van der Waals surface area contributed by atoms with Gasteiger partial charge in [-0.25, -0.2) is 8.78 Å². The molecule has 2 atom stereocenters. The van der Waals surface area contributed by atoms with Crippen molar-refractivity contribution in [2.45, 2.75) is 95.6 Å². The molecule has 2 fully saturated rings. The van der Waals surface area contributed by atoms with Gasteiger partial charge in [0.25, 0.3) is 0 Å². The molecule has 1 aromatic rings. The molecule has 1 saturated carbocycles. The smallest absolute Gasteiger partial charge is 0.497 e. The second-order valence-corrected chi connectivity index (χ2v) is 12.6. The number of halogens is 2.